The van der Waals surface area contributed by atoms with Gasteiger partial charge in [-0.15, -0.1) is 0 Å². The first-order valence-electron chi connectivity index (χ1n) is 4.30. The summed E-state index contributed by atoms with van der Waals surface area (Å²) in [4.78, 5) is 10.7. The highest BCUT2D eigenvalue weighted by Gasteiger charge is 2.03. The second-order valence-electron chi connectivity index (χ2n) is 2.96. The van der Waals surface area contributed by atoms with Crippen LogP contribution in [0.3, 0.4) is 0 Å². The van der Waals surface area contributed by atoms with Gasteiger partial charge in [-0.05, 0) is 11.5 Å². The van der Waals surface area contributed by atoms with E-state index in [1.807, 2.05) is 36.6 Å². The Labute approximate surface area is 82.1 Å². The Morgan fingerprint density at radius 2 is 1.79 bits per heavy atom. The summed E-state index contributed by atoms with van der Waals surface area (Å²) in [6.07, 6.45) is 1.92. The number of fused-ring (bicyclic) bond motifs is 1. The molecule has 1 radical (unpaired) electrons. The molecule has 0 bridgehead atoms. The van der Waals surface area contributed by atoms with Crippen molar-refractivity contribution < 1.29 is 9.53 Å². The van der Waals surface area contributed by atoms with Gasteiger partial charge in [-0.25, -0.2) is 0 Å². The van der Waals surface area contributed by atoms with Gasteiger partial charge in [0.05, 0.1) is 7.11 Å². The standard InChI is InChI=1S/C12H9O2/c1-14-12-7-3-5-10-9(8-13)4-2-6-11(10)12/h2-7H,1H3. The van der Waals surface area contributed by atoms with Gasteiger partial charge in [-0.2, -0.15) is 0 Å². The molecule has 0 aliphatic carbocycles. The summed E-state index contributed by atoms with van der Waals surface area (Å²) in [5, 5.41) is 1.82. The predicted octanol–water partition coefficient (Wildman–Crippen LogP) is 2.31. The Morgan fingerprint density at radius 1 is 1.07 bits per heavy atom. The van der Waals surface area contributed by atoms with Crippen LogP contribution < -0.4 is 4.74 Å². The van der Waals surface area contributed by atoms with Crippen LogP contribution in [0.5, 0.6) is 5.75 Å². The molecule has 0 N–H and O–H groups in total. The van der Waals surface area contributed by atoms with E-state index >= 15 is 0 Å². The molecule has 0 heterocycles. The highest BCUT2D eigenvalue weighted by molar-refractivity contribution is 6.00. The topological polar surface area (TPSA) is 26.3 Å². The number of hydrogen-bond donors (Lipinski definition) is 0. The van der Waals surface area contributed by atoms with Crippen molar-refractivity contribution in [3.8, 4) is 5.75 Å². The molecule has 0 atom stereocenters. The first-order valence-corrected chi connectivity index (χ1v) is 4.30. The molecule has 0 saturated heterocycles. The van der Waals surface area contributed by atoms with Gasteiger partial charge in [-0.3, -0.25) is 4.79 Å². The SMILES string of the molecule is COc1cccc2c([C]=O)cccc12. The predicted molar refractivity (Wildman–Crippen MR) is 55.3 cm³/mol. The summed E-state index contributed by atoms with van der Waals surface area (Å²) in [5.74, 6) is 0.777. The average molecular weight is 185 g/mol. The van der Waals surface area contributed by atoms with Crippen LogP contribution in [0, 0.1) is 0 Å². The Balaban J connectivity index is 2.84. The quantitative estimate of drug-likeness (QED) is 0.717. The van der Waals surface area contributed by atoms with Crippen molar-refractivity contribution in [1.82, 2.24) is 0 Å². The molecule has 0 spiro atoms. The third kappa shape index (κ3) is 1.25. The number of methoxy groups -OCH3 is 1. The summed E-state index contributed by atoms with van der Waals surface area (Å²) < 4.78 is 5.20. The monoisotopic (exact) mass is 185 g/mol. The van der Waals surface area contributed by atoms with Crippen LogP contribution in [0.4, 0.5) is 0 Å². The minimum Gasteiger partial charge on any atom is -0.496 e. The van der Waals surface area contributed by atoms with Crippen molar-refractivity contribution in [3.63, 3.8) is 0 Å². The van der Waals surface area contributed by atoms with Crippen molar-refractivity contribution in [2.24, 2.45) is 0 Å². The van der Waals surface area contributed by atoms with Gasteiger partial charge in [0.2, 0.25) is 6.29 Å². The Hall–Kier alpha value is -1.83. The van der Waals surface area contributed by atoms with Crippen LogP contribution in [0.25, 0.3) is 10.8 Å². The lowest BCUT2D eigenvalue weighted by molar-refractivity contribution is 0.420. The molecule has 0 unspecified atom stereocenters. The van der Waals surface area contributed by atoms with E-state index in [0.717, 1.165) is 16.5 Å². The number of hydrogen-bond acceptors (Lipinski definition) is 2. The molecule has 2 heteroatoms. The number of rotatable bonds is 2. The molecule has 0 saturated carbocycles. The maximum absolute atomic E-state index is 10.7. The molecule has 69 valence electrons. The third-order valence-electron chi connectivity index (χ3n) is 2.21. The van der Waals surface area contributed by atoms with E-state index in [1.54, 1.807) is 13.2 Å². The molecule has 14 heavy (non-hydrogen) atoms. The minimum absolute atomic E-state index is 0.571. The Kier molecular flexibility index (Phi) is 2.19. The van der Waals surface area contributed by atoms with E-state index in [1.165, 1.54) is 0 Å². The summed E-state index contributed by atoms with van der Waals surface area (Å²) in [6, 6.07) is 11.1. The molecular formula is C12H9O2. The molecule has 0 aliphatic heterocycles. The molecule has 2 aromatic carbocycles. The highest BCUT2D eigenvalue weighted by Crippen LogP contribution is 2.26. The second kappa shape index (κ2) is 3.50. The van der Waals surface area contributed by atoms with Crippen LogP contribution in [-0.4, -0.2) is 13.4 Å². The Bertz CT molecular complexity index is 475. The van der Waals surface area contributed by atoms with Gasteiger partial charge in [0.25, 0.3) is 0 Å². The summed E-state index contributed by atoms with van der Waals surface area (Å²) in [7, 11) is 1.62. The molecule has 2 nitrogen and oxygen atoms in total. The zero-order valence-electron chi connectivity index (χ0n) is 7.78. The molecule has 2 aromatic rings. The normalized spacial score (nSPS) is 10.1. The van der Waals surface area contributed by atoms with Gasteiger partial charge >= 0.3 is 0 Å². The van der Waals surface area contributed by atoms with E-state index in [0.29, 0.717) is 5.56 Å². The maximum Gasteiger partial charge on any atom is 0.234 e. The fourth-order valence-corrected chi connectivity index (χ4v) is 1.55. The van der Waals surface area contributed by atoms with Gasteiger partial charge in [-0.1, -0.05) is 30.3 Å². The minimum atomic E-state index is 0.571. The highest BCUT2D eigenvalue weighted by atomic mass is 16.5. The van der Waals surface area contributed by atoms with Gasteiger partial charge < -0.3 is 4.74 Å². The lowest BCUT2D eigenvalue weighted by Gasteiger charge is -2.05. The van der Waals surface area contributed by atoms with E-state index in [9.17, 15) is 4.79 Å². The largest absolute Gasteiger partial charge is 0.496 e. The van der Waals surface area contributed by atoms with E-state index in [4.69, 9.17) is 4.74 Å². The maximum atomic E-state index is 10.7. The van der Waals surface area contributed by atoms with Gasteiger partial charge in [0, 0.05) is 10.9 Å². The summed E-state index contributed by atoms with van der Waals surface area (Å²) in [5.41, 5.74) is 0.571. The molecule has 2 rings (SSSR count). The molecule has 0 aliphatic rings. The summed E-state index contributed by atoms with van der Waals surface area (Å²) >= 11 is 0. The first-order chi connectivity index (χ1) is 6.86. The van der Waals surface area contributed by atoms with Crippen LogP contribution >= 0.6 is 0 Å². The zero-order valence-corrected chi connectivity index (χ0v) is 7.78. The lowest BCUT2D eigenvalue weighted by Crippen LogP contribution is -1.87. The van der Waals surface area contributed by atoms with Crippen molar-refractivity contribution in [1.29, 1.82) is 0 Å². The summed E-state index contributed by atoms with van der Waals surface area (Å²) in [6.45, 7) is 0. The lowest BCUT2D eigenvalue weighted by atomic mass is 10.0. The molecular weight excluding hydrogens is 176 g/mol. The van der Waals surface area contributed by atoms with E-state index < -0.39 is 0 Å². The number of benzene rings is 2. The van der Waals surface area contributed by atoms with Gasteiger partial charge in [0.15, 0.2) is 0 Å². The molecule has 0 amide bonds. The molecule has 0 fully saturated rings. The number of carbonyl (C=O) groups excluding carboxylic acids is 1. The van der Waals surface area contributed by atoms with Crippen LogP contribution in [-0.2, 0) is 4.79 Å². The van der Waals surface area contributed by atoms with Crippen LogP contribution in [0.1, 0.15) is 5.56 Å². The third-order valence-corrected chi connectivity index (χ3v) is 2.21. The molecule has 0 aromatic heterocycles. The van der Waals surface area contributed by atoms with Crippen molar-refractivity contribution >= 4 is 17.1 Å². The number of ether oxygens (including phenoxy) is 1. The van der Waals surface area contributed by atoms with E-state index in [2.05, 4.69) is 0 Å². The first kappa shape index (κ1) is 8.75. The van der Waals surface area contributed by atoms with Gasteiger partial charge in [0.1, 0.15) is 5.75 Å². The van der Waals surface area contributed by atoms with Crippen molar-refractivity contribution in [2.75, 3.05) is 7.11 Å². The van der Waals surface area contributed by atoms with E-state index in [-0.39, 0.29) is 0 Å². The van der Waals surface area contributed by atoms with Crippen LogP contribution in [0.2, 0.25) is 0 Å². The zero-order chi connectivity index (χ0) is 9.97. The fourth-order valence-electron chi connectivity index (χ4n) is 1.55. The fraction of sp³-hybridized carbons (Fsp3) is 0.0833. The van der Waals surface area contributed by atoms with Crippen molar-refractivity contribution in [2.45, 2.75) is 0 Å². The van der Waals surface area contributed by atoms with Crippen LogP contribution in [0.15, 0.2) is 36.4 Å². The average Bonchev–Trinajstić information content (AvgIpc) is 2.27. The smallest absolute Gasteiger partial charge is 0.234 e. The van der Waals surface area contributed by atoms with Crippen molar-refractivity contribution in [3.05, 3.63) is 42.0 Å². The second-order valence-corrected chi connectivity index (χ2v) is 2.96. The Morgan fingerprint density at radius 3 is 2.50 bits per heavy atom.